The summed E-state index contributed by atoms with van der Waals surface area (Å²) in [5.74, 6) is 0.752. The molecule has 2 atom stereocenters. The molecule has 0 aliphatic carbocycles. The monoisotopic (exact) mass is 427 g/mol. The molecule has 0 aliphatic heterocycles. The van der Waals surface area contributed by atoms with Gasteiger partial charge in [0.2, 0.25) is 0 Å². The molecule has 3 nitrogen and oxygen atoms in total. The summed E-state index contributed by atoms with van der Waals surface area (Å²) >= 11 is 3.79. The van der Waals surface area contributed by atoms with Gasteiger partial charge in [0.25, 0.3) is 0 Å². The van der Waals surface area contributed by atoms with E-state index in [1.807, 2.05) is 46.0 Å². The summed E-state index contributed by atoms with van der Waals surface area (Å²) < 4.78 is 10.3. The van der Waals surface area contributed by atoms with E-state index in [0.29, 0.717) is 6.61 Å². The zero-order valence-corrected chi connectivity index (χ0v) is 13.0. The third-order valence-corrected chi connectivity index (χ3v) is 3.13. The molecule has 0 bridgehead atoms. The van der Waals surface area contributed by atoms with E-state index in [1.165, 1.54) is 12.8 Å². The predicted octanol–water partition coefficient (Wildman–Crippen LogP) is 3.24. The van der Waals surface area contributed by atoms with Gasteiger partial charge in [-0.15, -0.1) is 0 Å². The highest BCUT2D eigenvalue weighted by Crippen LogP contribution is 2.15. The highest BCUT2D eigenvalue weighted by molar-refractivity contribution is 14.1. The molecule has 0 heterocycles. The average Bonchev–Trinajstić information content (AvgIpc) is 2.12. The second-order valence-electron chi connectivity index (χ2n) is 3.89. The Morgan fingerprint density at radius 2 is 1.86 bits per heavy atom. The van der Waals surface area contributed by atoms with Crippen molar-refractivity contribution < 1.29 is 6.13 Å². The van der Waals surface area contributed by atoms with Crippen LogP contribution in [0.4, 0.5) is 0 Å². The second-order valence-corrected chi connectivity index (χ2v) is 5.02. The second kappa shape index (κ2) is 9.56. The minimum Gasteiger partial charge on any atom is -0.324 e. The summed E-state index contributed by atoms with van der Waals surface area (Å²) in [6.45, 7) is 5.01. The summed E-state index contributed by atoms with van der Waals surface area (Å²) in [5.41, 5.74) is 5.90. The van der Waals surface area contributed by atoms with Crippen LogP contribution in [0.25, 0.3) is 0 Å². The first kappa shape index (κ1) is 15.3. The Balaban J connectivity index is 3.66. The Hall–Kier alpha value is 1.34. The fraction of sp³-hybridized carbons (Fsp3) is 1.00. The standard InChI is InChI=1S/C9H19I2NO2/c1-7(2)4-3-5-9(14-11)8(12)6-13-10/h7-9H,3-6,12H2,1-2H3. The third kappa shape index (κ3) is 7.61. The Kier molecular flexibility index (Phi) is 10.5. The van der Waals surface area contributed by atoms with Crippen LogP contribution in [-0.4, -0.2) is 18.8 Å². The highest BCUT2D eigenvalue weighted by atomic mass is 127. The Morgan fingerprint density at radius 1 is 1.21 bits per heavy atom. The number of hydrogen-bond donors (Lipinski definition) is 1. The van der Waals surface area contributed by atoms with Gasteiger partial charge in [-0.2, -0.15) is 0 Å². The van der Waals surface area contributed by atoms with E-state index < -0.39 is 0 Å². The van der Waals surface area contributed by atoms with Gasteiger partial charge in [0.05, 0.1) is 18.8 Å². The number of halogens is 2. The first-order chi connectivity index (χ1) is 6.61. The van der Waals surface area contributed by atoms with Crippen molar-refractivity contribution in [3.8, 4) is 0 Å². The summed E-state index contributed by atoms with van der Waals surface area (Å²) in [7, 11) is 0. The van der Waals surface area contributed by atoms with E-state index in [2.05, 4.69) is 13.8 Å². The highest BCUT2D eigenvalue weighted by Gasteiger charge is 2.17. The van der Waals surface area contributed by atoms with Crippen molar-refractivity contribution >= 4 is 46.0 Å². The lowest BCUT2D eigenvalue weighted by atomic mass is 10.0. The van der Waals surface area contributed by atoms with Crippen LogP contribution in [0.15, 0.2) is 0 Å². The molecule has 0 spiro atoms. The van der Waals surface area contributed by atoms with E-state index in [4.69, 9.17) is 11.9 Å². The molecule has 5 heteroatoms. The van der Waals surface area contributed by atoms with Crippen molar-refractivity contribution in [2.75, 3.05) is 6.61 Å². The topological polar surface area (TPSA) is 44.5 Å². The van der Waals surface area contributed by atoms with Crippen molar-refractivity contribution in [3.63, 3.8) is 0 Å². The molecule has 0 saturated carbocycles. The lowest BCUT2D eigenvalue weighted by Crippen LogP contribution is -2.38. The van der Waals surface area contributed by atoms with Crippen LogP contribution in [0.5, 0.6) is 0 Å². The lowest BCUT2D eigenvalue weighted by molar-refractivity contribution is 0.187. The molecule has 86 valence electrons. The van der Waals surface area contributed by atoms with Crippen molar-refractivity contribution in [3.05, 3.63) is 0 Å². The largest absolute Gasteiger partial charge is 0.324 e. The van der Waals surface area contributed by atoms with Gasteiger partial charge in [0.1, 0.15) is 46.0 Å². The number of nitrogens with two attached hydrogens (primary N) is 1. The van der Waals surface area contributed by atoms with Crippen molar-refractivity contribution in [1.82, 2.24) is 0 Å². The van der Waals surface area contributed by atoms with Crippen molar-refractivity contribution in [2.45, 2.75) is 45.3 Å². The number of hydrogen-bond acceptors (Lipinski definition) is 3. The van der Waals surface area contributed by atoms with Crippen LogP contribution < -0.4 is 5.73 Å². The quantitative estimate of drug-likeness (QED) is 0.606. The molecule has 0 amide bonds. The van der Waals surface area contributed by atoms with Crippen molar-refractivity contribution in [1.29, 1.82) is 0 Å². The third-order valence-electron chi connectivity index (χ3n) is 2.12. The van der Waals surface area contributed by atoms with E-state index in [-0.39, 0.29) is 12.1 Å². The fourth-order valence-corrected chi connectivity index (χ4v) is 2.28. The van der Waals surface area contributed by atoms with E-state index in [1.54, 1.807) is 0 Å². The van der Waals surface area contributed by atoms with Gasteiger partial charge in [0, 0.05) is 0 Å². The van der Waals surface area contributed by atoms with Gasteiger partial charge in [-0.25, -0.2) is 0 Å². The molecule has 2 unspecified atom stereocenters. The maximum absolute atomic E-state index is 5.90. The van der Waals surface area contributed by atoms with Crippen LogP contribution in [0.3, 0.4) is 0 Å². The number of rotatable bonds is 8. The molecule has 0 rings (SSSR count). The Labute approximate surface area is 115 Å². The predicted molar refractivity (Wildman–Crippen MR) is 75.5 cm³/mol. The maximum Gasteiger partial charge on any atom is 0.110 e. The van der Waals surface area contributed by atoms with Crippen LogP contribution in [0, 0.1) is 5.92 Å². The summed E-state index contributed by atoms with van der Waals surface area (Å²) in [5, 5.41) is 0. The normalized spacial score (nSPS) is 15.9. The Morgan fingerprint density at radius 3 is 2.29 bits per heavy atom. The van der Waals surface area contributed by atoms with Crippen LogP contribution in [0.1, 0.15) is 33.1 Å². The zero-order chi connectivity index (χ0) is 11.0. The summed E-state index contributed by atoms with van der Waals surface area (Å²) in [6, 6.07) is -0.0176. The van der Waals surface area contributed by atoms with E-state index in [9.17, 15) is 0 Å². The average molecular weight is 427 g/mol. The molecule has 0 saturated heterocycles. The van der Waals surface area contributed by atoms with Gasteiger partial charge >= 0.3 is 0 Å². The van der Waals surface area contributed by atoms with Gasteiger partial charge in [-0.05, 0) is 12.3 Å². The van der Waals surface area contributed by atoms with Gasteiger partial charge in [0.15, 0.2) is 0 Å². The van der Waals surface area contributed by atoms with Gasteiger partial charge in [-0.1, -0.05) is 26.7 Å². The summed E-state index contributed by atoms with van der Waals surface area (Å²) in [4.78, 5) is 0. The summed E-state index contributed by atoms with van der Waals surface area (Å²) in [6.07, 6.45) is 3.53. The maximum atomic E-state index is 5.90. The molecule has 0 aromatic rings. The van der Waals surface area contributed by atoms with Crippen LogP contribution >= 0.6 is 46.0 Å². The molecule has 14 heavy (non-hydrogen) atoms. The molecular formula is C9H19I2NO2. The molecule has 0 radical (unpaired) electrons. The van der Waals surface area contributed by atoms with E-state index in [0.717, 1.165) is 12.3 Å². The van der Waals surface area contributed by atoms with Gasteiger partial charge < -0.3 is 11.9 Å². The molecule has 0 fully saturated rings. The molecule has 0 aromatic carbocycles. The minimum absolute atomic E-state index is 0.0176. The minimum atomic E-state index is -0.0176. The molecule has 0 aromatic heterocycles. The lowest BCUT2D eigenvalue weighted by Gasteiger charge is -2.20. The van der Waals surface area contributed by atoms with Crippen LogP contribution in [-0.2, 0) is 6.13 Å². The first-order valence-corrected chi connectivity index (χ1v) is 6.64. The Bertz CT molecular complexity index is 136. The molecule has 0 aliphatic rings. The molecular weight excluding hydrogens is 408 g/mol. The van der Waals surface area contributed by atoms with Crippen molar-refractivity contribution in [2.24, 2.45) is 11.7 Å². The smallest absolute Gasteiger partial charge is 0.110 e. The SMILES string of the molecule is CC(C)CCCC(OI)C(N)COI. The zero-order valence-electron chi connectivity index (χ0n) is 8.71. The van der Waals surface area contributed by atoms with E-state index >= 15 is 0 Å². The van der Waals surface area contributed by atoms with Gasteiger partial charge in [-0.3, -0.25) is 0 Å². The fourth-order valence-electron chi connectivity index (χ4n) is 1.23. The first-order valence-electron chi connectivity index (χ1n) is 4.88. The molecule has 2 N–H and O–H groups in total. The van der Waals surface area contributed by atoms with Crippen LogP contribution in [0.2, 0.25) is 0 Å².